The summed E-state index contributed by atoms with van der Waals surface area (Å²) >= 11 is 0. The van der Waals surface area contributed by atoms with Crippen LogP contribution in [0.15, 0.2) is 47.1 Å². The first-order valence-electron chi connectivity index (χ1n) is 9.27. The molecule has 4 heteroatoms. The normalized spacial score (nSPS) is 44.9. The van der Waals surface area contributed by atoms with Crippen molar-refractivity contribution in [3.05, 3.63) is 47.1 Å². The molecule has 0 amide bonds. The largest absolute Gasteiger partial charge is 0.478 e. The molecule has 0 radical (unpaired) electrons. The van der Waals surface area contributed by atoms with E-state index in [0.717, 1.165) is 11.6 Å². The number of hydrogen-bond donors (Lipinski definition) is 2. The van der Waals surface area contributed by atoms with Crippen LogP contribution < -0.4 is 0 Å². The SMILES string of the molecule is C/C=C(\C)[C@H]1OC2C(C)=C[C@](/C=C/C(=O)O)(CO)[C@H]3C(C)=C[C@]1(C)[C@@]23C. The summed E-state index contributed by atoms with van der Waals surface area (Å²) in [5.74, 6) is -1.01. The predicted octanol–water partition coefficient (Wildman–Crippen LogP) is 3.89. The fourth-order valence-corrected chi connectivity index (χ4v) is 6.14. The van der Waals surface area contributed by atoms with Crippen LogP contribution in [-0.2, 0) is 9.53 Å². The van der Waals surface area contributed by atoms with Gasteiger partial charge in [-0.3, -0.25) is 0 Å². The number of ether oxygens (including phenoxy) is 1. The van der Waals surface area contributed by atoms with E-state index < -0.39 is 11.4 Å². The Hall–Kier alpha value is -1.65. The molecule has 0 aromatic heterocycles. The molecule has 6 atom stereocenters. The third-order valence-corrected chi connectivity index (χ3v) is 7.23. The summed E-state index contributed by atoms with van der Waals surface area (Å²) in [6, 6.07) is 0. The fourth-order valence-electron chi connectivity index (χ4n) is 6.14. The average Bonchev–Trinajstić information content (AvgIpc) is 2.93. The van der Waals surface area contributed by atoms with Crippen molar-refractivity contribution in [1.82, 2.24) is 0 Å². The zero-order valence-electron chi connectivity index (χ0n) is 16.5. The van der Waals surface area contributed by atoms with Crippen molar-refractivity contribution in [2.45, 2.75) is 53.8 Å². The number of carboxylic acids is 1. The second-order valence-corrected chi connectivity index (χ2v) is 8.65. The Labute approximate surface area is 155 Å². The molecule has 0 saturated carbocycles. The molecular weight excluding hydrogens is 328 g/mol. The van der Waals surface area contributed by atoms with Crippen LogP contribution in [0.1, 0.15) is 41.5 Å². The van der Waals surface area contributed by atoms with Crippen molar-refractivity contribution in [3.63, 3.8) is 0 Å². The van der Waals surface area contributed by atoms with E-state index in [0.29, 0.717) is 0 Å². The Kier molecular flexibility index (Phi) is 4.36. The lowest BCUT2D eigenvalue weighted by Crippen LogP contribution is -2.53. The number of carboxylic acid groups (broad SMARTS) is 1. The van der Waals surface area contributed by atoms with Gasteiger partial charge in [0.2, 0.25) is 0 Å². The first kappa shape index (κ1) is 19.1. The summed E-state index contributed by atoms with van der Waals surface area (Å²) in [4.78, 5) is 11.2. The van der Waals surface area contributed by atoms with E-state index in [1.807, 2.05) is 19.9 Å². The van der Waals surface area contributed by atoms with Gasteiger partial charge in [-0.1, -0.05) is 43.7 Å². The summed E-state index contributed by atoms with van der Waals surface area (Å²) in [7, 11) is 0. The van der Waals surface area contributed by atoms with Gasteiger partial charge in [0.1, 0.15) is 0 Å². The number of allylic oxidation sites excluding steroid dienone is 2. The Morgan fingerprint density at radius 2 is 1.92 bits per heavy atom. The molecule has 1 saturated heterocycles. The van der Waals surface area contributed by atoms with Crippen LogP contribution >= 0.6 is 0 Å². The second-order valence-electron chi connectivity index (χ2n) is 8.65. The summed E-state index contributed by atoms with van der Waals surface area (Å²) in [6.07, 6.45) is 9.20. The molecule has 142 valence electrons. The third-order valence-electron chi connectivity index (χ3n) is 7.23. The minimum atomic E-state index is -0.996. The summed E-state index contributed by atoms with van der Waals surface area (Å²) in [6.45, 7) is 12.6. The fraction of sp³-hybridized carbons (Fsp3) is 0.591. The van der Waals surface area contributed by atoms with Crippen LogP contribution in [0.2, 0.25) is 0 Å². The quantitative estimate of drug-likeness (QED) is 0.591. The standard InChI is InChI=1S/C22H30O4/c1-7-13(2)18-20(5)10-14(3)17-21(20,6)19(26-18)15(4)11-22(17,12-23)9-8-16(24)25/h7-11,17-19,23H,12H2,1-6H3,(H,24,25)/b9-8+,13-7+/t17-,18+,19?,20-,21+,22+/m0/s1. The number of rotatable bonds is 4. The monoisotopic (exact) mass is 358 g/mol. The minimum absolute atomic E-state index is 0.0102. The van der Waals surface area contributed by atoms with Crippen molar-refractivity contribution < 1.29 is 19.7 Å². The van der Waals surface area contributed by atoms with E-state index in [9.17, 15) is 9.90 Å². The molecular formula is C22H30O4. The third kappa shape index (κ3) is 2.18. The molecule has 0 aromatic carbocycles. The number of aliphatic hydroxyl groups excluding tert-OH is 1. The van der Waals surface area contributed by atoms with E-state index in [2.05, 4.69) is 39.8 Å². The Bertz CT molecular complexity index is 758. The Morgan fingerprint density at radius 1 is 1.27 bits per heavy atom. The van der Waals surface area contributed by atoms with Gasteiger partial charge in [-0.15, -0.1) is 0 Å². The highest BCUT2D eigenvalue weighted by Gasteiger charge is 2.71. The van der Waals surface area contributed by atoms with E-state index in [4.69, 9.17) is 9.84 Å². The van der Waals surface area contributed by atoms with Crippen LogP contribution in [0, 0.1) is 22.2 Å². The molecule has 26 heavy (non-hydrogen) atoms. The lowest BCUT2D eigenvalue weighted by molar-refractivity contribution is -0.131. The van der Waals surface area contributed by atoms with Gasteiger partial charge < -0.3 is 14.9 Å². The highest BCUT2D eigenvalue weighted by molar-refractivity contribution is 5.80. The van der Waals surface area contributed by atoms with Gasteiger partial charge in [-0.25, -0.2) is 4.79 Å². The van der Waals surface area contributed by atoms with Gasteiger partial charge in [-0.05, 0) is 38.8 Å². The summed E-state index contributed by atoms with van der Waals surface area (Å²) in [5.41, 5.74) is 2.27. The average molecular weight is 358 g/mol. The molecule has 1 heterocycles. The second kappa shape index (κ2) is 5.93. The van der Waals surface area contributed by atoms with Gasteiger partial charge in [0.15, 0.2) is 0 Å². The number of aliphatic hydroxyl groups is 1. The highest BCUT2D eigenvalue weighted by atomic mass is 16.5. The van der Waals surface area contributed by atoms with E-state index in [1.165, 1.54) is 11.1 Å². The molecule has 1 unspecified atom stereocenters. The van der Waals surface area contributed by atoms with E-state index in [1.54, 1.807) is 6.08 Å². The molecule has 1 fully saturated rings. The molecule has 0 aromatic rings. The van der Waals surface area contributed by atoms with Gasteiger partial charge in [0.25, 0.3) is 0 Å². The van der Waals surface area contributed by atoms with Crippen molar-refractivity contribution in [2.24, 2.45) is 22.2 Å². The predicted molar refractivity (Wildman–Crippen MR) is 102 cm³/mol. The topological polar surface area (TPSA) is 66.8 Å². The van der Waals surface area contributed by atoms with Gasteiger partial charge >= 0.3 is 5.97 Å². The van der Waals surface area contributed by atoms with Gasteiger partial charge in [-0.2, -0.15) is 0 Å². The van der Waals surface area contributed by atoms with Crippen molar-refractivity contribution in [1.29, 1.82) is 0 Å². The van der Waals surface area contributed by atoms with Gasteiger partial charge in [0.05, 0.1) is 18.8 Å². The molecule has 2 N–H and O–H groups in total. The maximum Gasteiger partial charge on any atom is 0.328 e. The molecule has 3 rings (SSSR count). The molecule has 3 aliphatic rings. The zero-order chi connectivity index (χ0) is 19.5. The summed E-state index contributed by atoms with van der Waals surface area (Å²) in [5, 5.41) is 19.5. The van der Waals surface area contributed by atoms with Crippen molar-refractivity contribution in [3.8, 4) is 0 Å². The minimum Gasteiger partial charge on any atom is -0.478 e. The maximum atomic E-state index is 11.2. The number of hydrogen-bond acceptors (Lipinski definition) is 3. The van der Waals surface area contributed by atoms with Crippen molar-refractivity contribution in [2.75, 3.05) is 6.61 Å². The summed E-state index contributed by atoms with van der Waals surface area (Å²) < 4.78 is 6.58. The first-order chi connectivity index (χ1) is 12.1. The first-order valence-corrected chi connectivity index (χ1v) is 9.27. The van der Waals surface area contributed by atoms with Gasteiger partial charge in [0, 0.05) is 28.2 Å². The van der Waals surface area contributed by atoms with E-state index in [-0.39, 0.29) is 35.6 Å². The highest BCUT2D eigenvalue weighted by Crippen LogP contribution is 2.71. The smallest absolute Gasteiger partial charge is 0.328 e. The molecule has 4 nitrogen and oxygen atoms in total. The molecule has 0 spiro atoms. The zero-order valence-corrected chi connectivity index (χ0v) is 16.5. The number of carbonyl (C=O) groups is 1. The molecule has 2 aliphatic carbocycles. The van der Waals surface area contributed by atoms with Crippen LogP contribution in [0.4, 0.5) is 0 Å². The molecule has 0 bridgehead atoms. The van der Waals surface area contributed by atoms with Crippen LogP contribution in [0.3, 0.4) is 0 Å². The number of aliphatic carboxylic acids is 1. The lowest BCUT2D eigenvalue weighted by Gasteiger charge is -2.52. The Balaban J connectivity index is 2.24. The molecule has 1 aliphatic heterocycles. The van der Waals surface area contributed by atoms with E-state index >= 15 is 0 Å². The van der Waals surface area contributed by atoms with Crippen molar-refractivity contribution >= 4 is 5.97 Å². The Morgan fingerprint density at radius 3 is 2.46 bits per heavy atom. The van der Waals surface area contributed by atoms with Crippen LogP contribution in [0.5, 0.6) is 0 Å². The van der Waals surface area contributed by atoms with Crippen LogP contribution in [-0.4, -0.2) is 35.0 Å². The lowest BCUT2D eigenvalue weighted by atomic mass is 9.49. The maximum absolute atomic E-state index is 11.2. The van der Waals surface area contributed by atoms with Crippen LogP contribution in [0.25, 0.3) is 0 Å².